The fraction of sp³-hybridized carbons (Fsp3) is 1.00. The first-order valence-corrected chi connectivity index (χ1v) is 3.71. The van der Waals surface area contributed by atoms with Crippen molar-refractivity contribution < 1.29 is 0 Å². The molecule has 0 aromatic carbocycles. The van der Waals surface area contributed by atoms with Crippen LogP contribution in [0.2, 0.25) is 0 Å². The minimum atomic E-state index is 0.231. The highest BCUT2D eigenvalue weighted by molar-refractivity contribution is 4.76. The Labute approximate surface area is 56.8 Å². The molecule has 1 rings (SSSR count). The summed E-state index contributed by atoms with van der Waals surface area (Å²) < 4.78 is 0. The van der Waals surface area contributed by atoms with Gasteiger partial charge >= 0.3 is 0 Å². The van der Waals surface area contributed by atoms with Crippen molar-refractivity contribution >= 4 is 0 Å². The van der Waals surface area contributed by atoms with Gasteiger partial charge in [-0.05, 0) is 32.7 Å². The predicted octanol–water partition coefficient (Wildman–Crippen LogP) is 0.800. The molecule has 0 bridgehead atoms. The van der Waals surface area contributed by atoms with E-state index in [1.165, 1.54) is 12.8 Å². The Morgan fingerprint density at radius 3 is 2.22 bits per heavy atom. The third-order valence-corrected chi connectivity index (χ3v) is 2.14. The SMILES string of the molecule is CNC1CCC([NH])CC1. The molecule has 1 radical (unpaired) electrons. The lowest BCUT2D eigenvalue weighted by Crippen LogP contribution is -2.32. The number of hydrogen-bond donors (Lipinski definition) is 1. The van der Waals surface area contributed by atoms with Crippen LogP contribution in [0.3, 0.4) is 0 Å². The fourth-order valence-corrected chi connectivity index (χ4v) is 1.38. The van der Waals surface area contributed by atoms with Gasteiger partial charge in [0.15, 0.2) is 0 Å². The maximum absolute atomic E-state index is 7.41. The van der Waals surface area contributed by atoms with E-state index in [1.807, 2.05) is 7.05 Å². The molecular formula is C7H15N2. The Morgan fingerprint density at radius 1 is 1.22 bits per heavy atom. The quantitative estimate of drug-likeness (QED) is 0.555. The first-order chi connectivity index (χ1) is 4.33. The molecule has 2 nitrogen and oxygen atoms in total. The van der Waals surface area contributed by atoms with Gasteiger partial charge in [0.25, 0.3) is 0 Å². The summed E-state index contributed by atoms with van der Waals surface area (Å²) in [4.78, 5) is 0. The van der Waals surface area contributed by atoms with Gasteiger partial charge < -0.3 is 5.32 Å². The maximum atomic E-state index is 7.41. The molecule has 0 atom stereocenters. The average Bonchev–Trinajstić information content (AvgIpc) is 1.90. The number of nitrogens with one attached hydrogen (secondary N) is 2. The molecule has 53 valence electrons. The smallest absolute Gasteiger partial charge is 0.0214 e. The summed E-state index contributed by atoms with van der Waals surface area (Å²) >= 11 is 0. The van der Waals surface area contributed by atoms with Crippen LogP contribution in [-0.2, 0) is 0 Å². The molecule has 1 aliphatic rings. The summed E-state index contributed by atoms with van der Waals surface area (Å²) in [6, 6.07) is 0.932. The zero-order chi connectivity index (χ0) is 6.69. The van der Waals surface area contributed by atoms with Crippen LogP contribution in [0.4, 0.5) is 0 Å². The van der Waals surface area contributed by atoms with Crippen molar-refractivity contribution in [3.05, 3.63) is 0 Å². The van der Waals surface area contributed by atoms with Crippen molar-refractivity contribution in [2.45, 2.75) is 37.8 Å². The zero-order valence-corrected chi connectivity index (χ0v) is 5.98. The molecular weight excluding hydrogens is 112 g/mol. The molecule has 0 aromatic heterocycles. The highest BCUT2D eigenvalue weighted by Gasteiger charge is 2.16. The number of rotatable bonds is 1. The van der Waals surface area contributed by atoms with Crippen molar-refractivity contribution in [2.24, 2.45) is 0 Å². The van der Waals surface area contributed by atoms with Gasteiger partial charge in [-0.15, -0.1) is 0 Å². The van der Waals surface area contributed by atoms with Crippen molar-refractivity contribution in [3.63, 3.8) is 0 Å². The van der Waals surface area contributed by atoms with Gasteiger partial charge in [-0.2, -0.15) is 0 Å². The molecule has 0 aliphatic heterocycles. The predicted molar refractivity (Wildman–Crippen MR) is 38.2 cm³/mol. The molecule has 0 heterocycles. The molecule has 2 heteroatoms. The van der Waals surface area contributed by atoms with Crippen molar-refractivity contribution in [1.82, 2.24) is 11.1 Å². The van der Waals surface area contributed by atoms with Crippen LogP contribution in [0.15, 0.2) is 0 Å². The van der Waals surface area contributed by atoms with Crippen LogP contribution in [0, 0.1) is 0 Å². The Morgan fingerprint density at radius 2 is 1.78 bits per heavy atom. The van der Waals surface area contributed by atoms with E-state index in [4.69, 9.17) is 5.73 Å². The fourth-order valence-electron chi connectivity index (χ4n) is 1.38. The third kappa shape index (κ3) is 1.95. The van der Waals surface area contributed by atoms with E-state index in [1.54, 1.807) is 0 Å². The lowest BCUT2D eigenvalue weighted by molar-refractivity contribution is 0.353. The van der Waals surface area contributed by atoms with Crippen LogP contribution >= 0.6 is 0 Å². The van der Waals surface area contributed by atoms with Crippen LogP contribution in [0.25, 0.3) is 0 Å². The Kier molecular flexibility index (Phi) is 2.49. The topological polar surface area (TPSA) is 35.8 Å². The van der Waals surface area contributed by atoms with E-state index in [9.17, 15) is 0 Å². The standard InChI is InChI=1S/C7H15N2/c1-9-7-4-2-6(8)3-5-7/h6-9H,2-5H2,1H3. The Hall–Kier alpha value is -0.0800. The Bertz CT molecular complexity index is 75.0. The van der Waals surface area contributed by atoms with Crippen LogP contribution in [0.5, 0.6) is 0 Å². The van der Waals surface area contributed by atoms with Gasteiger partial charge in [-0.3, -0.25) is 5.73 Å². The van der Waals surface area contributed by atoms with Crippen LogP contribution < -0.4 is 11.1 Å². The lowest BCUT2D eigenvalue weighted by atomic mass is 9.92. The minimum Gasteiger partial charge on any atom is -0.317 e. The normalized spacial score (nSPS) is 36.7. The van der Waals surface area contributed by atoms with Crippen molar-refractivity contribution in [3.8, 4) is 0 Å². The van der Waals surface area contributed by atoms with Crippen molar-refractivity contribution in [1.29, 1.82) is 0 Å². The second-order valence-corrected chi connectivity index (χ2v) is 2.84. The molecule has 2 N–H and O–H groups in total. The van der Waals surface area contributed by atoms with Crippen LogP contribution in [-0.4, -0.2) is 19.1 Å². The second-order valence-electron chi connectivity index (χ2n) is 2.84. The van der Waals surface area contributed by atoms with E-state index in [2.05, 4.69) is 5.32 Å². The first-order valence-electron chi connectivity index (χ1n) is 3.71. The van der Waals surface area contributed by atoms with E-state index in [0.717, 1.165) is 12.8 Å². The van der Waals surface area contributed by atoms with E-state index >= 15 is 0 Å². The maximum Gasteiger partial charge on any atom is 0.0214 e. The molecule has 0 aromatic rings. The first kappa shape index (κ1) is 7.03. The molecule has 0 spiro atoms. The van der Waals surface area contributed by atoms with E-state index < -0.39 is 0 Å². The summed E-state index contributed by atoms with van der Waals surface area (Å²) in [5.41, 5.74) is 7.41. The van der Waals surface area contributed by atoms with Gasteiger partial charge in [0.2, 0.25) is 0 Å². The molecule has 0 amide bonds. The summed E-state index contributed by atoms with van der Waals surface area (Å²) in [7, 11) is 2.01. The molecule has 0 saturated heterocycles. The highest BCUT2D eigenvalue weighted by atomic mass is 14.9. The molecule has 1 fully saturated rings. The summed E-state index contributed by atoms with van der Waals surface area (Å²) in [6.07, 6.45) is 4.58. The molecule has 1 aliphatic carbocycles. The minimum absolute atomic E-state index is 0.231. The van der Waals surface area contributed by atoms with Gasteiger partial charge in [-0.1, -0.05) is 0 Å². The number of hydrogen-bond acceptors (Lipinski definition) is 1. The van der Waals surface area contributed by atoms with Gasteiger partial charge in [0.05, 0.1) is 0 Å². The second kappa shape index (κ2) is 3.18. The van der Waals surface area contributed by atoms with E-state index in [-0.39, 0.29) is 6.04 Å². The highest BCUT2D eigenvalue weighted by Crippen LogP contribution is 2.16. The average molecular weight is 127 g/mol. The lowest BCUT2D eigenvalue weighted by Gasteiger charge is -2.24. The van der Waals surface area contributed by atoms with E-state index in [0.29, 0.717) is 6.04 Å². The molecule has 9 heavy (non-hydrogen) atoms. The molecule has 1 saturated carbocycles. The summed E-state index contributed by atoms with van der Waals surface area (Å²) in [6.45, 7) is 0. The summed E-state index contributed by atoms with van der Waals surface area (Å²) in [5.74, 6) is 0. The van der Waals surface area contributed by atoms with Gasteiger partial charge in [-0.25, -0.2) is 0 Å². The third-order valence-electron chi connectivity index (χ3n) is 2.14. The Balaban J connectivity index is 2.18. The zero-order valence-electron chi connectivity index (χ0n) is 5.98. The largest absolute Gasteiger partial charge is 0.317 e. The van der Waals surface area contributed by atoms with Crippen LogP contribution in [0.1, 0.15) is 25.7 Å². The monoisotopic (exact) mass is 127 g/mol. The summed E-state index contributed by atoms with van der Waals surface area (Å²) in [5, 5.41) is 3.24. The molecule has 0 unspecified atom stereocenters. The van der Waals surface area contributed by atoms with Gasteiger partial charge in [0, 0.05) is 12.1 Å². The van der Waals surface area contributed by atoms with Gasteiger partial charge in [0.1, 0.15) is 0 Å². The van der Waals surface area contributed by atoms with Crippen molar-refractivity contribution in [2.75, 3.05) is 7.05 Å².